The van der Waals surface area contributed by atoms with Crippen LogP contribution in [-0.4, -0.2) is 26.5 Å². The van der Waals surface area contributed by atoms with Crippen LogP contribution in [-0.2, 0) is 0 Å². The van der Waals surface area contributed by atoms with Gasteiger partial charge in [-0.25, -0.2) is 0 Å². The predicted octanol–water partition coefficient (Wildman–Crippen LogP) is 3.62. The van der Waals surface area contributed by atoms with E-state index < -0.39 is 0 Å². The summed E-state index contributed by atoms with van der Waals surface area (Å²) in [6, 6.07) is 6.28. The summed E-state index contributed by atoms with van der Waals surface area (Å²) in [5.41, 5.74) is 4.77. The van der Waals surface area contributed by atoms with Gasteiger partial charge in [0.2, 0.25) is 0 Å². The van der Waals surface area contributed by atoms with E-state index in [0.29, 0.717) is 0 Å². The molecule has 3 rings (SSSR count). The molecule has 116 valence electrons. The Kier molecular flexibility index (Phi) is 4.40. The molecule has 0 unspecified atom stereocenters. The maximum absolute atomic E-state index is 5.56. The quantitative estimate of drug-likeness (QED) is 0.582. The number of rotatable bonds is 3. The monoisotopic (exact) mass is 426 g/mol. The number of aromatic nitrogens is 2. The summed E-state index contributed by atoms with van der Waals surface area (Å²) in [6.45, 7) is 7.27. The summed E-state index contributed by atoms with van der Waals surface area (Å²) in [7, 11) is 0. The van der Waals surface area contributed by atoms with Crippen LogP contribution < -0.4 is 5.32 Å². The molecule has 1 aliphatic rings. The Labute approximate surface area is 149 Å². The Balaban J connectivity index is 2.12. The molecule has 1 fully saturated rings. The van der Waals surface area contributed by atoms with Crippen molar-refractivity contribution < 1.29 is 0 Å². The Morgan fingerprint density at radius 3 is 2.64 bits per heavy atom. The van der Waals surface area contributed by atoms with Crippen LogP contribution in [0, 0.1) is 17.4 Å². The van der Waals surface area contributed by atoms with Gasteiger partial charge in [0.1, 0.15) is 0 Å². The minimum atomic E-state index is 0.0797. The number of nitrogens with one attached hydrogen (secondary N) is 2. The highest BCUT2D eigenvalue weighted by Gasteiger charge is 2.41. The van der Waals surface area contributed by atoms with Crippen LogP contribution in [0.1, 0.15) is 41.7 Å². The van der Waals surface area contributed by atoms with Crippen molar-refractivity contribution in [1.29, 1.82) is 0 Å². The lowest BCUT2D eigenvalue weighted by molar-refractivity contribution is 0.328. The van der Waals surface area contributed by atoms with Crippen LogP contribution in [0.2, 0.25) is 0 Å². The second-order valence-electron chi connectivity index (χ2n) is 5.52. The predicted molar refractivity (Wildman–Crippen MR) is 101 cm³/mol. The van der Waals surface area contributed by atoms with Crippen molar-refractivity contribution in [2.24, 2.45) is 0 Å². The summed E-state index contributed by atoms with van der Waals surface area (Å²) in [6.07, 6.45) is 1.84. The molecule has 0 aromatic carbocycles. The van der Waals surface area contributed by atoms with Gasteiger partial charge in [-0.3, -0.25) is 4.98 Å². The average Bonchev–Trinajstić information content (AvgIpc) is 2.96. The Hall–Kier alpha value is -1.15. The number of hydrogen-bond donors (Lipinski definition) is 2. The molecule has 1 aliphatic heterocycles. The SMILES string of the molecule is CCN1C(=S)N[C@@H](c2ccccn2)[C@H]1c1c(C)[nH]c(C)c1I. The van der Waals surface area contributed by atoms with Crippen molar-refractivity contribution in [3.8, 4) is 0 Å². The highest BCUT2D eigenvalue weighted by atomic mass is 127. The van der Waals surface area contributed by atoms with Crippen molar-refractivity contribution in [3.05, 3.63) is 50.6 Å². The van der Waals surface area contributed by atoms with E-state index in [0.717, 1.165) is 17.4 Å². The molecule has 0 spiro atoms. The van der Waals surface area contributed by atoms with Gasteiger partial charge < -0.3 is 15.2 Å². The van der Waals surface area contributed by atoms with E-state index in [2.05, 4.69) is 69.6 Å². The number of hydrogen-bond acceptors (Lipinski definition) is 2. The van der Waals surface area contributed by atoms with Gasteiger partial charge >= 0.3 is 0 Å². The fourth-order valence-electron chi connectivity index (χ4n) is 3.18. The summed E-state index contributed by atoms with van der Waals surface area (Å²) < 4.78 is 1.28. The first-order valence-electron chi connectivity index (χ1n) is 7.37. The third-order valence-electron chi connectivity index (χ3n) is 4.18. The third kappa shape index (κ3) is 2.52. The van der Waals surface area contributed by atoms with E-state index in [1.165, 1.54) is 20.5 Å². The Morgan fingerprint density at radius 2 is 2.09 bits per heavy atom. The van der Waals surface area contributed by atoms with E-state index in [1.807, 2.05) is 18.3 Å². The van der Waals surface area contributed by atoms with Gasteiger partial charge in [-0.15, -0.1) is 0 Å². The van der Waals surface area contributed by atoms with Crippen LogP contribution in [0.5, 0.6) is 0 Å². The minimum Gasteiger partial charge on any atom is -0.362 e. The molecule has 2 aromatic rings. The molecule has 0 bridgehead atoms. The first-order chi connectivity index (χ1) is 10.5. The standard InChI is InChI=1S/C16H19IN4S/c1-4-21-15(12-9(2)19-10(3)13(12)17)14(20-16(21)22)11-7-5-6-8-18-11/h5-8,14-15,19H,4H2,1-3H3,(H,20,22)/t14-,15+/m0/s1. The number of H-pyrrole nitrogens is 1. The molecular weight excluding hydrogens is 407 g/mol. The topological polar surface area (TPSA) is 44.0 Å². The Bertz CT molecular complexity index is 698. The molecule has 2 atom stereocenters. The van der Waals surface area contributed by atoms with E-state index >= 15 is 0 Å². The first-order valence-corrected chi connectivity index (χ1v) is 8.86. The molecule has 1 saturated heterocycles. The zero-order chi connectivity index (χ0) is 15.9. The zero-order valence-electron chi connectivity index (χ0n) is 12.9. The second kappa shape index (κ2) is 6.16. The van der Waals surface area contributed by atoms with E-state index in [9.17, 15) is 0 Å². The van der Waals surface area contributed by atoms with E-state index in [1.54, 1.807) is 0 Å². The number of pyridine rings is 1. The Morgan fingerprint density at radius 1 is 1.32 bits per heavy atom. The number of likely N-dealkylation sites (N-methyl/N-ethyl adjacent to an activating group) is 1. The number of nitrogens with zero attached hydrogens (tertiary/aromatic N) is 2. The van der Waals surface area contributed by atoms with Gasteiger partial charge in [0.15, 0.2) is 5.11 Å². The molecule has 6 heteroatoms. The van der Waals surface area contributed by atoms with Crippen LogP contribution >= 0.6 is 34.8 Å². The van der Waals surface area contributed by atoms with Crippen LogP contribution in [0.15, 0.2) is 24.4 Å². The van der Waals surface area contributed by atoms with Crippen LogP contribution in [0.3, 0.4) is 0 Å². The summed E-state index contributed by atoms with van der Waals surface area (Å²) >= 11 is 7.99. The van der Waals surface area contributed by atoms with E-state index in [-0.39, 0.29) is 12.1 Å². The molecule has 2 N–H and O–H groups in total. The second-order valence-corrected chi connectivity index (χ2v) is 6.98. The lowest BCUT2D eigenvalue weighted by Crippen LogP contribution is -2.29. The molecule has 0 saturated carbocycles. The highest BCUT2D eigenvalue weighted by molar-refractivity contribution is 14.1. The lowest BCUT2D eigenvalue weighted by atomic mass is 9.97. The van der Waals surface area contributed by atoms with Crippen LogP contribution in [0.4, 0.5) is 0 Å². The number of halogens is 1. The van der Waals surface area contributed by atoms with Crippen molar-refractivity contribution in [2.75, 3.05) is 6.54 Å². The van der Waals surface area contributed by atoms with Gasteiger partial charge in [-0.2, -0.15) is 0 Å². The maximum Gasteiger partial charge on any atom is 0.170 e. The van der Waals surface area contributed by atoms with Gasteiger partial charge in [0, 0.05) is 33.3 Å². The molecule has 0 aliphatic carbocycles. The van der Waals surface area contributed by atoms with Gasteiger partial charge in [0.05, 0.1) is 17.8 Å². The average molecular weight is 426 g/mol. The zero-order valence-corrected chi connectivity index (χ0v) is 15.8. The van der Waals surface area contributed by atoms with Crippen molar-refractivity contribution in [2.45, 2.75) is 32.9 Å². The van der Waals surface area contributed by atoms with Gasteiger partial charge in [0.25, 0.3) is 0 Å². The molecule has 4 nitrogen and oxygen atoms in total. The lowest BCUT2D eigenvalue weighted by Gasteiger charge is -2.27. The normalized spacial score (nSPS) is 21.3. The largest absolute Gasteiger partial charge is 0.362 e. The minimum absolute atomic E-state index is 0.0797. The van der Waals surface area contributed by atoms with Gasteiger partial charge in [-0.05, 0) is 67.7 Å². The molecule has 22 heavy (non-hydrogen) atoms. The fraction of sp³-hybridized carbons (Fsp3) is 0.375. The summed E-state index contributed by atoms with van der Waals surface area (Å²) in [5.74, 6) is 0. The number of aryl methyl sites for hydroxylation is 2. The van der Waals surface area contributed by atoms with E-state index in [4.69, 9.17) is 12.2 Å². The molecule has 0 amide bonds. The van der Waals surface area contributed by atoms with Crippen LogP contribution in [0.25, 0.3) is 0 Å². The molecule has 0 radical (unpaired) electrons. The molecule has 3 heterocycles. The fourth-order valence-corrected chi connectivity index (χ4v) is 4.41. The first kappa shape index (κ1) is 15.7. The number of aromatic amines is 1. The summed E-state index contributed by atoms with van der Waals surface area (Å²) in [4.78, 5) is 10.3. The molecule has 2 aromatic heterocycles. The smallest absolute Gasteiger partial charge is 0.170 e. The number of thiocarbonyl (C=S) groups is 1. The maximum atomic E-state index is 5.56. The van der Waals surface area contributed by atoms with Crippen molar-refractivity contribution in [3.63, 3.8) is 0 Å². The van der Waals surface area contributed by atoms with Crippen molar-refractivity contribution >= 4 is 39.9 Å². The van der Waals surface area contributed by atoms with Gasteiger partial charge in [-0.1, -0.05) is 6.07 Å². The highest BCUT2D eigenvalue weighted by Crippen LogP contribution is 2.42. The summed E-state index contributed by atoms with van der Waals surface area (Å²) in [5, 5.41) is 4.26. The van der Waals surface area contributed by atoms with Crippen molar-refractivity contribution in [1.82, 2.24) is 20.2 Å². The molecular formula is C16H19IN4S. The third-order valence-corrected chi connectivity index (χ3v) is 5.92.